The molecule has 2 aliphatic heterocycles. The van der Waals surface area contributed by atoms with E-state index in [2.05, 4.69) is 22.5 Å². The summed E-state index contributed by atoms with van der Waals surface area (Å²) in [5.74, 6) is -0.299. The number of carbonyl (C=O) groups excluding carboxylic acids is 2. The first-order valence-electron chi connectivity index (χ1n) is 7.18. The summed E-state index contributed by atoms with van der Waals surface area (Å²) in [4.78, 5) is 24.6. The molecular weight excluding hydrogens is 244 g/mol. The van der Waals surface area contributed by atoms with Gasteiger partial charge in [-0.2, -0.15) is 0 Å². The average Bonchev–Trinajstić information content (AvgIpc) is 2.66. The third-order valence-corrected chi connectivity index (χ3v) is 4.08. The molecule has 2 saturated heterocycles. The van der Waals surface area contributed by atoms with Crippen LogP contribution in [-0.2, 0) is 4.79 Å². The van der Waals surface area contributed by atoms with Crippen molar-refractivity contribution in [2.75, 3.05) is 13.1 Å². The largest absolute Gasteiger partial charge is 0.351 e. The molecule has 108 valence electrons. The lowest BCUT2D eigenvalue weighted by atomic mass is 9.98. The minimum absolute atomic E-state index is 0.265. The van der Waals surface area contributed by atoms with Crippen molar-refractivity contribution in [3.05, 3.63) is 0 Å². The lowest BCUT2D eigenvalue weighted by Crippen LogP contribution is -2.51. The number of fused-ring (bicyclic) bond motifs is 2. The van der Waals surface area contributed by atoms with Gasteiger partial charge in [0.15, 0.2) is 0 Å². The Balaban J connectivity index is 1.91. The summed E-state index contributed by atoms with van der Waals surface area (Å²) < 4.78 is 0. The Morgan fingerprint density at radius 2 is 1.95 bits per heavy atom. The smallest absolute Gasteiger partial charge is 0.318 e. The standard InChI is InChI=1S/C13H24N4O2/c1-2-5-17(8-12(18)16-13(14)19)11-6-9-3-4-10(7-11)15-9/h9-11,15H,2-8H2,1H3,(H3,14,16,18,19). The van der Waals surface area contributed by atoms with Gasteiger partial charge in [-0.15, -0.1) is 0 Å². The van der Waals surface area contributed by atoms with Crippen LogP contribution >= 0.6 is 0 Å². The lowest BCUT2D eigenvalue weighted by Gasteiger charge is -2.37. The summed E-state index contributed by atoms with van der Waals surface area (Å²) in [5.41, 5.74) is 4.98. The fourth-order valence-electron chi connectivity index (χ4n) is 3.36. The van der Waals surface area contributed by atoms with Crippen molar-refractivity contribution < 1.29 is 9.59 Å². The van der Waals surface area contributed by atoms with Gasteiger partial charge in [0, 0.05) is 18.1 Å². The Bertz CT molecular complexity index is 336. The molecule has 4 N–H and O–H groups in total. The number of hydrogen-bond donors (Lipinski definition) is 3. The molecule has 2 bridgehead atoms. The third-order valence-electron chi connectivity index (χ3n) is 4.08. The molecule has 0 aliphatic carbocycles. The van der Waals surface area contributed by atoms with Crippen LogP contribution in [0.3, 0.4) is 0 Å². The first kappa shape index (κ1) is 14.3. The maximum Gasteiger partial charge on any atom is 0.318 e. The summed E-state index contributed by atoms with van der Waals surface area (Å²) >= 11 is 0. The summed E-state index contributed by atoms with van der Waals surface area (Å²) in [7, 11) is 0. The van der Waals surface area contributed by atoms with Crippen LogP contribution in [0, 0.1) is 0 Å². The normalized spacial score (nSPS) is 29.5. The molecule has 2 atom stereocenters. The van der Waals surface area contributed by atoms with Crippen molar-refractivity contribution in [1.82, 2.24) is 15.5 Å². The second kappa shape index (κ2) is 6.34. The van der Waals surface area contributed by atoms with Crippen LogP contribution in [0.5, 0.6) is 0 Å². The van der Waals surface area contributed by atoms with E-state index in [1.807, 2.05) is 0 Å². The maximum absolute atomic E-state index is 11.7. The van der Waals surface area contributed by atoms with E-state index in [1.54, 1.807) is 0 Å². The molecule has 0 aromatic heterocycles. The number of urea groups is 1. The number of amides is 3. The number of hydrogen-bond acceptors (Lipinski definition) is 4. The van der Waals surface area contributed by atoms with Crippen molar-refractivity contribution in [2.45, 2.75) is 57.2 Å². The first-order chi connectivity index (χ1) is 9.08. The molecule has 0 radical (unpaired) electrons. The quantitative estimate of drug-likeness (QED) is 0.663. The van der Waals surface area contributed by atoms with E-state index in [9.17, 15) is 9.59 Å². The molecule has 2 aliphatic rings. The van der Waals surface area contributed by atoms with Crippen molar-refractivity contribution in [3.8, 4) is 0 Å². The molecule has 6 nitrogen and oxygen atoms in total. The Morgan fingerprint density at radius 3 is 2.47 bits per heavy atom. The van der Waals surface area contributed by atoms with Gasteiger partial charge in [-0.3, -0.25) is 15.0 Å². The number of nitrogens with zero attached hydrogens (tertiary/aromatic N) is 1. The Labute approximate surface area is 114 Å². The molecule has 3 amide bonds. The van der Waals surface area contributed by atoms with Crippen molar-refractivity contribution in [1.29, 1.82) is 0 Å². The molecule has 2 fully saturated rings. The average molecular weight is 268 g/mol. The van der Waals surface area contributed by atoms with Crippen LogP contribution in [0.1, 0.15) is 39.0 Å². The fourth-order valence-corrected chi connectivity index (χ4v) is 3.36. The zero-order valence-corrected chi connectivity index (χ0v) is 11.5. The fraction of sp³-hybridized carbons (Fsp3) is 0.846. The number of nitrogens with two attached hydrogens (primary N) is 1. The van der Waals surface area contributed by atoms with Gasteiger partial charge in [0.2, 0.25) is 5.91 Å². The molecule has 19 heavy (non-hydrogen) atoms. The first-order valence-corrected chi connectivity index (χ1v) is 7.18. The Morgan fingerprint density at radius 1 is 1.32 bits per heavy atom. The molecular formula is C13H24N4O2. The molecule has 6 heteroatoms. The van der Waals surface area contributed by atoms with Crippen molar-refractivity contribution in [2.24, 2.45) is 5.73 Å². The van der Waals surface area contributed by atoms with Gasteiger partial charge in [0.25, 0.3) is 0 Å². The van der Waals surface area contributed by atoms with E-state index in [0.29, 0.717) is 18.1 Å². The molecule has 0 aromatic rings. The topological polar surface area (TPSA) is 87.5 Å². The Hall–Kier alpha value is -1.14. The molecule has 2 unspecified atom stereocenters. The van der Waals surface area contributed by atoms with Crippen LogP contribution in [0.2, 0.25) is 0 Å². The van der Waals surface area contributed by atoms with E-state index < -0.39 is 6.03 Å². The molecule has 0 aromatic carbocycles. The number of rotatable bonds is 5. The number of carbonyl (C=O) groups is 2. The van der Waals surface area contributed by atoms with E-state index >= 15 is 0 Å². The van der Waals surface area contributed by atoms with Gasteiger partial charge in [0.05, 0.1) is 6.54 Å². The van der Waals surface area contributed by atoms with Gasteiger partial charge >= 0.3 is 6.03 Å². The Kier molecular flexibility index (Phi) is 4.76. The summed E-state index contributed by atoms with van der Waals surface area (Å²) in [6, 6.07) is 0.869. The van der Waals surface area contributed by atoms with Crippen molar-refractivity contribution >= 4 is 11.9 Å². The second-order valence-corrected chi connectivity index (χ2v) is 5.65. The van der Waals surface area contributed by atoms with E-state index in [1.165, 1.54) is 12.8 Å². The summed E-state index contributed by atoms with van der Waals surface area (Å²) in [6.45, 7) is 3.26. The van der Waals surface area contributed by atoms with Crippen LogP contribution < -0.4 is 16.4 Å². The molecule has 2 rings (SSSR count). The van der Waals surface area contributed by atoms with Crippen LogP contribution in [0.25, 0.3) is 0 Å². The predicted molar refractivity (Wildman–Crippen MR) is 72.6 cm³/mol. The highest BCUT2D eigenvalue weighted by Gasteiger charge is 2.36. The highest BCUT2D eigenvalue weighted by molar-refractivity contribution is 5.94. The molecule has 2 heterocycles. The van der Waals surface area contributed by atoms with Crippen LogP contribution in [0.4, 0.5) is 4.79 Å². The van der Waals surface area contributed by atoms with Gasteiger partial charge in [-0.1, -0.05) is 6.92 Å². The zero-order valence-electron chi connectivity index (χ0n) is 11.5. The monoisotopic (exact) mass is 268 g/mol. The van der Waals surface area contributed by atoms with E-state index in [4.69, 9.17) is 5.73 Å². The highest BCUT2D eigenvalue weighted by atomic mass is 16.2. The van der Waals surface area contributed by atoms with E-state index in [0.717, 1.165) is 25.8 Å². The molecule has 0 spiro atoms. The second-order valence-electron chi connectivity index (χ2n) is 5.65. The summed E-state index contributed by atoms with van der Waals surface area (Å²) in [6.07, 6.45) is 5.69. The summed E-state index contributed by atoms with van der Waals surface area (Å²) in [5, 5.41) is 5.75. The maximum atomic E-state index is 11.7. The van der Waals surface area contributed by atoms with Crippen LogP contribution in [-0.4, -0.2) is 48.1 Å². The molecule has 0 saturated carbocycles. The minimum atomic E-state index is -0.771. The lowest BCUT2D eigenvalue weighted by molar-refractivity contribution is -0.121. The van der Waals surface area contributed by atoms with E-state index in [-0.39, 0.29) is 12.5 Å². The number of primary amides is 1. The van der Waals surface area contributed by atoms with Crippen LogP contribution in [0.15, 0.2) is 0 Å². The third kappa shape index (κ3) is 3.91. The van der Waals surface area contributed by atoms with Gasteiger partial charge in [0.1, 0.15) is 0 Å². The SMILES string of the molecule is CCCN(CC(=O)NC(N)=O)C1CC2CCC(C1)N2. The van der Waals surface area contributed by atoms with Gasteiger partial charge in [-0.05, 0) is 38.6 Å². The predicted octanol–water partition coefficient (Wildman–Crippen LogP) is 0.176. The number of nitrogens with one attached hydrogen (secondary N) is 2. The minimum Gasteiger partial charge on any atom is -0.351 e. The van der Waals surface area contributed by atoms with Crippen molar-refractivity contribution in [3.63, 3.8) is 0 Å². The van der Waals surface area contributed by atoms with Gasteiger partial charge < -0.3 is 11.1 Å². The number of imide groups is 1. The zero-order chi connectivity index (χ0) is 13.8. The highest BCUT2D eigenvalue weighted by Crippen LogP contribution is 2.29. The number of piperidine rings is 1. The van der Waals surface area contributed by atoms with Gasteiger partial charge in [-0.25, -0.2) is 4.79 Å².